The molecule has 1 aliphatic heterocycles. The normalized spacial score (nSPS) is 15.1. The van der Waals surface area contributed by atoms with Gasteiger partial charge in [0, 0.05) is 11.1 Å². The van der Waals surface area contributed by atoms with Crippen molar-refractivity contribution in [3.05, 3.63) is 168 Å². The maximum atomic E-state index is 5.25. The predicted octanol–water partition coefficient (Wildman–Crippen LogP) is 9.73. The Kier molecular flexibility index (Phi) is 6.49. The second kappa shape index (κ2) is 10.9. The molecule has 0 saturated heterocycles. The summed E-state index contributed by atoms with van der Waals surface area (Å²) in [5.41, 5.74) is 14.7. The van der Waals surface area contributed by atoms with E-state index in [4.69, 9.17) is 9.98 Å². The quantitative estimate of drug-likeness (QED) is 0.222. The number of nitrogens with one attached hydrogen (secondary N) is 1. The van der Waals surface area contributed by atoms with Gasteiger partial charge in [0.2, 0.25) is 0 Å². The molecule has 2 aliphatic rings. The van der Waals surface area contributed by atoms with Crippen LogP contribution in [0.5, 0.6) is 0 Å². The molecular formula is C41H31N3. The highest BCUT2D eigenvalue weighted by Crippen LogP contribution is 2.47. The van der Waals surface area contributed by atoms with Crippen molar-refractivity contribution >= 4 is 11.7 Å². The van der Waals surface area contributed by atoms with E-state index in [2.05, 4.69) is 133 Å². The van der Waals surface area contributed by atoms with Crippen LogP contribution >= 0.6 is 0 Å². The molecule has 6 aromatic rings. The Morgan fingerprint density at radius 1 is 0.523 bits per heavy atom. The number of rotatable bonds is 5. The summed E-state index contributed by atoms with van der Waals surface area (Å²) < 4.78 is 0. The molecule has 44 heavy (non-hydrogen) atoms. The van der Waals surface area contributed by atoms with Gasteiger partial charge in [-0.05, 0) is 81.1 Å². The highest BCUT2D eigenvalue weighted by molar-refractivity contribution is 6.10. The first-order valence-electron chi connectivity index (χ1n) is 15.2. The largest absolute Gasteiger partial charge is 0.329 e. The SMILES string of the molecule is CC1=NC(c2cc(-c3ccccc3)cc(-c3cccc4c3Cc3ccccc3-4)c2-c2ccccc2)N=C(c2ccccc2)N1. The molecule has 3 nitrogen and oxygen atoms in total. The van der Waals surface area contributed by atoms with Crippen LogP contribution in [0.25, 0.3) is 44.5 Å². The Morgan fingerprint density at radius 3 is 1.84 bits per heavy atom. The lowest BCUT2D eigenvalue weighted by Gasteiger charge is -2.25. The van der Waals surface area contributed by atoms with Crippen molar-refractivity contribution in [3.8, 4) is 44.5 Å². The number of aliphatic imine (C=N–C) groups is 2. The van der Waals surface area contributed by atoms with Crippen LogP contribution in [0.15, 0.2) is 156 Å². The van der Waals surface area contributed by atoms with Crippen molar-refractivity contribution < 1.29 is 0 Å². The van der Waals surface area contributed by atoms with Crippen LogP contribution in [0.1, 0.15) is 35.3 Å². The molecule has 1 heterocycles. The molecule has 0 aromatic heterocycles. The van der Waals surface area contributed by atoms with Gasteiger partial charge in [-0.3, -0.25) is 0 Å². The number of hydrogen-bond donors (Lipinski definition) is 1. The topological polar surface area (TPSA) is 36.8 Å². The van der Waals surface area contributed by atoms with E-state index in [1.807, 2.05) is 25.1 Å². The minimum atomic E-state index is -0.405. The van der Waals surface area contributed by atoms with E-state index in [1.54, 1.807) is 0 Å². The van der Waals surface area contributed by atoms with Gasteiger partial charge in [0.25, 0.3) is 0 Å². The first kappa shape index (κ1) is 26.1. The van der Waals surface area contributed by atoms with Crippen LogP contribution in [0.3, 0.4) is 0 Å². The molecule has 1 atom stereocenters. The molecule has 0 radical (unpaired) electrons. The Balaban J connectivity index is 1.42. The molecule has 3 heteroatoms. The van der Waals surface area contributed by atoms with Crippen LogP contribution < -0.4 is 5.32 Å². The van der Waals surface area contributed by atoms with Crippen molar-refractivity contribution in [3.63, 3.8) is 0 Å². The lowest BCUT2D eigenvalue weighted by Crippen LogP contribution is -2.33. The Morgan fingerprint density at radius 2 is 1.11 bits per heavy atom. The van der Waals surface area contributed by atoms with Gasteiger partial charge in [-0.1, -0.05) is 133 Å². The Bertz CT molecular complexity index is 2060. The molecule has 0 bridgehead atoms. The van der Waals surface area contributed by atoms with E-state index in [1.165, 1.54) is 44.5 Å². The molecule has 1 N–H and O–H groups in total. The minimum Gasteiger partial charge on any atom is -0.329 e. The fraction of sp³-hybridized carbons (Fsp3) is 0.0732. The summed E-state index contributed by atoms with van der Waals surface area (Å²) in [4.78, 5) is 10.4. The predicted molar refractivity (Wildman–Crippen MR) is 183 cm³/mol. The van der Waals surface area contributed by atoms with Gasteiger partial charge in [-0.25, -0.2) is 9.98 Å². The van der Waals surface area contributed by atoms with Crippen LogP contribution in [0, 0.1) is 0 Å². The van der Waals surface area contributed by atoms with E-state index < -0.39 is 6.17 Å². The van der Waals surface area contributed by atoms with Crippen LogP contribution in [-0.4, -0.2) is 11.7 Å². The Hall–Kier alpha value is -5.54. The molecule has 210 valence electrons. The molecule has 8 rings (SSSR count). The molecule has 0 amide bonds. The summed E-state index contributed by atoms with van der Waals surface area (Å²) in [6.07, 6.45) is 0.514. The van der Waals surface area contributed by atoms with Gasteiger partial charge in [0.1, 0.15) is 11.7 Å². The monoisotopic (exact) mass is 565 g/mol. The summed E-state index contributed by atoms with van der Waals surface area (Å²) >= 11 is 0. The standard InChI is InChI=1S/C41H31N3/c1-27-42-40(30-18-9-4-10-19-30)44-41(43-27)38-26-32(28-14-5-2-6-15-28)25-37(39(38)29-16-7-3-8-17-29)35-23-13-22-34-33-21-12-11-20-31(33)24-36(34)35/h2-23,25-26,41H,24H2,1H3,(H,42,43,44). The minimum absolute atomic E-state index is 0.405. The summed E-state index contributed by atoms with van der Waals surface area (Å²) in [7, 11) is 0. The molecule has 0 saturated carbocycles. The lowest BCUT2D eigenvalue weighted by atomic mass is 9.84. The van der Waals surface area contributed by atoms with Gasteiger partial charge in [-0.15, -0.1) is 0 Å². The first-order valence-corrected chi connectivity index (χ1v) is 15.2. The lowest BCUT2D eigenvalue weighted by molar-refractivity contribution is 0.756. The second-order valence-electron chi connectivity index (χ2n) is 11.4. The van der Waals surface area contributed by atoms with E-state index in [9.17, 15) is 0 Å². The maximum Gasteiger partial charge on any atom is 0.170 e. The molecular weight excluding hydrogens is 534 g/mol. The molecule has 1 aliphatic carbocycles. The zero-order valence-corrected chi connectivity index (χ0v) is 24.5. The highest BCUT2D eigenvalue weighted by atomic mass is 15.2. The third-order valence-electron chi connectivity index (χ3n) is 8.67. The average molecular weight is 566 g/mol. The van der Waals surface area contributed by atoms with Crippen molar-refractivity contribution in [2.75, 3.05) is 0 Å². The second-order valence-corrected chi connectivity index (χ2v) is 11.4. The third kappa shape index (κ3) is 4.63. The van der Waals surface area contributed by atoms with Gasteiger partial charge in [-0.2, -0.15) is 0 Å². The van der Waals surface area contributed by atoms with Gasteiger partial charge < -0.3 is 5.32 Å². The van der Waals surface area contributed by atoms with E-state index >= 15 is 0 Å². The van der Waals surface area contributed by atoms with Gasteiger partial charge in [0.15, 0.2) is 6.17 Å². The summed E-state index contributed by atoms with van der Waals surface area (Å²) in [6, 6.07) is 52.0. The van der Waals surface area contributed by atoms with Crippen molar-refractivity contribution in [1.29, 1.82) is 0 Å². The third-order valence-corrected chi connectivity index (χ3v) is 8.67. The molecule has 0 fully saturated rings. The van der Waals surface area contributed by atoms with E-state index in [0.717, 1.165) is 40.3 Å². The number of fused-ring (bicyclic) bond motifs is 3. The summed E-state index contributed by atoms with van der Waals surface area (Å²) in [5.74, 6) is 1.69. The number of nitrogens with zero attached hydrogens (tertiary/aromatic N) is 2. The highest BCUT2D eigenvalue weighted by Gasteiger charge is 2.27. The van der Waals surface area contributed by atoms with E-state index in [0.29, 0.717) is 0 Å². The average Bonchev–Trinajstić information content (AvgIpc) is 3.48. The first-order chi connectivity index (χ1) is 21.7. The maximum absolute atomic E-state index is 5.25. The fourth-order valence-electron chi connectivity index (χ4n) is 6.67. The van der Waals surface area contributed by atoms with Crippen molar-refractivity contribution in [1.82, 2.24) is 5.32 Å². The van der Waals surface area contributed by atoms with Gasteiger partial charge >= 0.3 is 0 Å². The van der Waals surface area contributed by atoms with Crippen LogP contribution in [0.2, 0.25) is 0 Å². The molecule has 1 unspecified atom stereocenters. The van der Waals surface area contributed by atoms with Crippen molar-refractivity contribution in [2.45, 2.75) is 19.5 Å². The zero-order chi connectivity index (χ0) is 29.5. The number of hydrogen-bond acceptors (Lipinski definition) is 3. The number of amidine groups is 2. The summed E-state index contributed by atoms with van der Waals surface area (Å²) in [6.45, 7) is 2.02. The molecule has 6 aromatic carbocycles. The zero-order valence-electron chi connectivity index (χ0n) is 24.5. The van der Waals surface area contributed by atoms with Gasteiger partial charge in [0.05, 0.1) is 0 Å². The summed E-state index contributed by atoms with van der Waals surface area (Å²) in [5, 5.41) is 3.43. The van der Waals surface area contributed by atoms with Crippen LogP contribution in [-0.2, 0) is 6.42 Å². The van der Waals surface area contributed by atoms with Crippen LogP contribution in [0.4, 0.5) is 0 Å². The number of benzene rings is 6. The smallest absolute Gasteiger partial charge is 0.170 e. The fourth-order valence-corrected chi connectivity index (χ4v) is 6.67. The van der Waals surface area contributed by atoms with Crippen molar-refractivity contribution in [2.24, 2.45) is 9.98 Å². The Labute approximate surface area is 258 Å². The molecule has 0 spiro atoms. The van der Waals surface area contributed by atoms with E-state index in [-0.39, 0.29) is 0 Å².